The van der Waals surface area contributed by atoms with E-state index in [2.05, 4.69) is 5.32 Å². The van der Waals surface area contributed by atoms with Gasteiger partial charge in [-0.15, -0.1) is 0 Å². The lowest BCUT2D eigenvalue weighted by molar-refractivity contribution is -0.142. The fraction of sp³-hybridized carbons (Fsp3) is 0.385. The molecule has 0 radical (unpaired) electrons. The molecule has 0 aliphatic carbocycles. The van der Waals surface area contributed by atoms with Gasteiger partial charge in [-0.2, -0.15) is 0 Å². The van der Waals surface area contributed by atoms with Crippen LogP contribution in [0.3, 0.4) is 0 Å². The van der Waals surface area contributed by atoms with Crippen molar-refractivity contribution in [3.63, 3.8) is 0 Å². The first kappa shape index (κ1) is 15.8. The van der Waals surface area contributed by atoms with Gasteiger partial charge >= 0.3 is 5.97 Å². The maximum Gasteiger partial charge on any atom is 0.329 e. The molecule has 2 N–H and O–H groups in total. The van der Waals surface area contributed by atoms with E-state index >= 15 is 0 Å². The average molecular weight is 283 g/mol. The maximum absolute atomic E-state index is 12.0. The van der Waals surface area contributed by atoms with Gasteiger partial charge in [-0.25, -0.2) is 4.79 Å². The summed E-state index contributed by atoms with van der Waals surface area (Å²) in [6.45, 7) is -0.0743. The van der Waals surface area contributed by atoms with E-state index in [4.69, 9.17) is 19.3 Å². The molecule has 0 atom stereocenters. The molecule has 0 aromatic heterocycles. The van der Waals surface area contributed by atoms with Crippen LogP contribution in [-0.4, -0.2) is 51.0 Å². The summed E-state index contributed by atoms with van der Waals surface area (Å²) in [4.78, 5) is 22.2. The Morgan fingerprint density at radius 1 is 1.25 bits per heavy atom. The number of ether oxygens (including phenoxy) is 3. The highest BCUT2D eigenvalue weighted by molar-refractivity contribution is 5.97. The van der Waals surface area contributed by atoms with Crippen molar-refractivity contribution in [1.82, 2.24) is 5.32 Å². The number of carboxylic acid groups (broad SMARTS) is 1. The zero-order chi connectivity index (χ0) is 15.0. The molecule has 0 spiro atoms. The topological polar surface area (TPSA) is 94.1 Å². The van der Waals surface area contributed by atoms with E-state index in [1.54, 1.807) is 18.2 Å². The lowest BCUT2D eigenvalue weighted by Crippen LogP contribution is -2.28. The Balaban J connectivity index is 2.57. The summed E-state index contributed by atoms with van der Waals surface area (Å²) in [6, 6.07) is 4.97. The Bertz CT molecular complexity index is 474. The number of nitrogens with one attached hydrogen (secondary N) is 1. The molecule has 0 saturated carbocycles. The lowest BCUT2D eigenvalue weighted by Gasteiger charge is -2.12. The van der Waals surface area contributed by atoms with Gasteiger partial charge in [0.05, 0.1) is 26.4 Å². The molecule has 0 fully saturated rings. The summed E-state index contributed by atoms with van der Waals surface area (Å²) in [7, 11) is 2.93. The SMILES string of the molecule is COc1cccc(C(=O)NCCOCC(=O)O)c1OC. The highest BCUT2D eigenvalue weighted by Gasteiger charge is 2.15. The van der Waals surface area contributed by atoms with Gasteiger partial charge in [-0.05, 0) is 12.1 Å². The number of benzene rings is 1. The van der Waals surface area contributed by atoms with Crippen molar-refractivity contribution in [1.29, 1.82) is 0 Å². The van der Waals surface area contributed by atoms with Crippen LogP contribution in [-0.2, 0) is 9.53 Å². The molecule has 110 valence electrons. The van der Waals surface area contributed by atoms with E-state index in [0.717, 1.165) is 0 Å². The summed E-state index contributed by atoms with van der Waals surface area (Å²) < 4.78 is 15.1. The van der Waals surface area contributed by atoms with E-state index in [-0.39, 0.29) is 19.1 Å². The highest BCUT2D eigenvalue weighted by atomic mass is 16.5. The minimum Gasteiger partial charge on any atom is -0.493 e. The van der Waals surface area contributed by atoms with Crippen LogP contribution in [0, 0.1) is 0 Å². The summed E-state index contributed by atoms with van der Waals surface area (Å²) in [6.07, 6.45) is 0. The van der Waals surface area contributed by atoms with E-state index in [0.29, 0.717) is 17.1 Å². The normalized spacial score (nSPS) is 9.90. The molecule has 1 amide bonds. The Labute approximate surface area is 116 Å². The van der Waals surface area contributed by atoms with Gasteiger partial charge in [0.1, 0.15) is 6.61 Å². The molecule has 0 unspecified atom stereocenters. The highest BCUT2D eigenvalue weighted by Crippen LogP contribution is 2.30. The predicted octanol–water partition coefficient (Wildman–Crippen LogP) is 0.535. The maximum atomic E-state index is 12.0. The van der Waals surface area contributed by atoms with Crippen LogP contribution in [0.25, 0.3) is 0 Å². The van der Waals surface area contributed by atoms with Crippen LogP contribution in [0.4, 0.5) is 0 Å². The number of hydrogen-bond donors (Lipinski definition) is 2. The van der Waals surface area contributed by atoms with Gasteiger partial charge in [0.25, 0.3) is 5.91 Å². The monoisotopic (exact) mass is 283 g/mol. The number of aliphatic carboxylic acids is 1. The number of amides is 1. The molecule has 0 heterocycles. The van der Waals surface area contributed by atoms with Crippen molar-refractivity contribution in [3.05, 3.63) is 23.8 Å². The second-order valence-corrected chi connectivity index (χ2v) is 3.74. The molecular formula is C13H17NO6. The molecule has 1 rings (SSSR count). The summed E-state index contributed by atoms with van der Waals surface area (Å²) in [5.74, 6) is -0.591. The molecule has 0 aliphatic heterocycles. The second-order valence-electron chi connectivity index (χ2n) is 3.74. The molecule has 1 aromatic rings. The van der Waals surface area contributed by atoms with Gasteiger partial charge in [0.2, 0.25) is 0 Å². The quantitative estimate of drug-likeness (QED) is 0.676. The Hall–Kier alpha value is -2.28. The Morgan fingerprint density at radius 2 is 2.00 bits per heavy atom. The van der Waals surface area contributed by atoms with Gasteiger partial charge < -0.3 is 24.6 Å². The number of carbonyl (C=O) groups is 2. The van der Waals surface area contributed by atoms with Crippen molar-refractivity contribution in [3.8, 4) is 11.5 Å². The molecule has 7 nitrogen and oxygen atoms in total. The number of methoxy groups -OCH3 is 2. The molecule has 7 heteroatoms. The molecule has 0 bridgehead atoms. The van der Waals surface area contributed by atoms with Crippen molar-refractivity contribution >= 4 is 11.9 Å². The molecule has 20 heavy (non-hydrogen) atoms. The minimum absolute atomic E-state index is 0.115. The predicted molar refractivity (Wildman–Crippen MR) is 70.3 cm³/mol. The van der Waals surface area contributed by atoms with E-state index in [1.807, 2.05) is 0 Å². The summed E-state index contributed by atoms with van der Waals surface area (Å²) in [5.41, 5.74) is 0.338. The largest absolute Gasteiger partial charge is 0.493 e. The fourth-order valence-electron chi connectivity index (χ4n) is 1.56. The van der Waals surface area contributed by atoms with Crippen LogP contribution in [0.2, 0.25) is 0 Å². The number of carboxylic acids is 1. The zero-order valence-electron chi connectivity index (χ0n) is 11.3. The van der Waals surface area contributed by atoms with Crippen LogP contribution in [0.1, 0.15) is 10.4 Å². The first-order valence-corrected chi connectivity index (χ1v) is 5.89. The fourth-order valence-corrected chi connectivity index (χ4v) is 1.56. The smallest absolute Gasteiger partial charge is 0.329 e. The number of rotatable bonds is 8. The third-order valence-electron chi connectivity index (χ3n) is 2.41. The third-order valence-corrected chi connectivity index (χ3v) is 2.41. The van der Waals surface area contributed by atoms with Crippen LogP contribution >= 0.6 is 0 Å². The van der Waals surface area contributed by atoms with Crippen molar-refractivity contribution in [2.75, 3.05) is 34.0 Å². The number of carbonyl (C=O) groups excluding carboxylic acids is 1. The van der Waals surface area contributed by atoms with Gasteiger partial charge in [-0.3, -0.25) is 4.79 Å². The standard InChI is InChI=1S/C13H17NO6/c1-18-10-5-3-4-9(12(10)19-2)13(17)14-6-7-20-8-11(15)16/h3-5H,6-8H2,1-2H3,(H,14,17)(H,15,16). The average Bonchev–Trinajstić information content (AvgIpc) is 2.45. The summed E-state index contributed by atoms with van der Waals surface area (Å²) >= 11 is 0. The van der Waals surface area contributed by atoms with Gasteiger partial charge in [0.15, 0.2) is 11.5 Å². The molecule has 0 saturated heterocycles. The first-order valence-electron chi connectivity index (χ1n) is 5.89. The van der Waals surface area contributed by atoms with E-state index < -0.39 is 12.6 Å². The van der Waals surface area contributed by atoms with E-state index in [1.165, 1.54) is 14.2 Å². The third kappa shape index (κ3) is 4.43. The Morgan fingerprint density at radius 3 is 2.60 bits per heavy atom. The second kappa shape index (κ2) is 8.00. The van der Waals surface area contributed by atoms with Crippen LogP contribution in [0.5, 0.6) is 11.5 Å². The minimum atomic E-state index is -1.05. The lowest BCUT2D eigenvalue weighted by atomic mass is 10.1. The zero-order valence-corrected chi connectivity index (χ0v) is 11.3. The first-order chi connectivity index (χ1) is 9.60. The van der Waals surface area contributed by atoms with E-state index in [9.17, 15) is 9.59 Å². The van der Waals surface area contributed by atoms with Gasteiger partial charge in [-0.1, -0.05) is 6.07 Å². The van der Waals surface area contributed by atoms with Crippen LogP contribution in [0.15, 0.2) is 18.2 Å². The van der Waals surface area contributed by atoms with Crippen molar-refractivity contribution < 1.29 is 28.9 Å². The van der Waals surface area contributed by atoms with Crippen molar-refractivity contribution in [2.45, 2.75) is 0 Å². The molecule has 0 aliphatic rings. The molecule has 1 aromatic carbocycles. The van der Waals surface area contributed by atoms with Gasteiger partial charge in [0, 0.05) is 6.54 Å². The van der Waals surface area contributed by atoms with Crippen molar-refractivity contribution in [2.24, 2.45) is 0 Å². The summed E-state index contributed by atoms with van der Waals surface area (Å²) in [5, 5.41) is 11.0. The number of hydrogen-bond acceptors (Lipinski definition) is 5. The molecular weight excluding hydrogens is 266 g/mol. The number of para-hydroxylation sites is 1. The Kier molecular flexibility index (Phi) is 6.31. The van der Waals surface area contributed by atoms with Crippen LogP contribution < -0.4 is 14.8 Å².